The topological polar surface area (TPSA) is 131 Å². The number of hydrogen-bond acceptors (Lipinski definition) is 7. The van der Waals surface area contributed by atoms with E-state index < -0.39 is 37.4 Å². The van der Waals surface area contributed by atoms with Crippen molar-refractivity contribution in [2.45, 2.75) is 70.9 Å². The van der Waals surface area contributed by atoms with Crippen LogP contribution < -0.4 is 10.1 Å². The quantitative estimate of drug-likeness (QED) is 0.127. The van der Waals surface area contributed by atoms with E-state index in [9.17, 15) is 23.9 Å². The van der Waals surface area contributed by atoms with Crippen molar-refractivity contribution in [3.05, 3.63) is 77.2 Å². The van der Waals surface area contributed by atoms with Crippen molar-refractivity contribution < 1.29 is 37.9 Å². The Labute approximate surface area is 251 Å². The highest BCUT2D eigenvalue weighted by atomic mass is 32.1. The number of carbonyl (C=O) groups is 2. The Morgan fingerprint density at radius 1 is 0.929 bits per heavy atom. The average Bonchev–Trinajstić information content (AvgIpc) is 3.44. The van der Waals surface area contributed by atoms with Crippen molar-refractivity contribution in [3.63, 3.8) is 0 Å². The first-order valence-electron chi connectivity index (χ1n) is 13.8. The minimum absolute atomic E-state index is 0.130. The van der Waals surface area contributed by atoms with Gasteiger partial charge in [-0.25, -0.2) is 9.36 Å². The number of amides is 1. The molecule has 0 aliphatic carbocycles. The first-order valence-corrected chi connectivity index (χ1v) is 16.2. The molecule has 11 heteroatoms. The molecule has 1 heterocycles. The Bertz CT molecular complexity index is 1350. The maximum atomic E-state index is 13.5. The van der Waals surface area contributed by atoms with Gasteiger partial charge in [0.15, 0.2) is 5.78 Å². The molecule has 1 amide bonds. The van der Waals surface area contributed by atoms with E-state index in [1.807, 2.05) is 35.7 Å². The van der Waals surface area contributed by atoms with Gasteiger partial charge in [-0.2, -0.15) is 0 Å². The third-order valence-electron chi connectivity index (χ3n) is 6.32. The molecule has 0 saturated carbocycles. The SMILES string of the molecule is CC(C)(C)OC(=O)N[C@](C)(COP(=O)(O)O)C(=O)Cc1ccc(OCCCCCc2ccccc2)c(-c2cccs2)c1. The lowest BCUT2D eigenvalue weighted by Gasteiger charge is -2.30. The number of ether oxygens (including phenoxy) is 2. The van der Waals surface area contributed by atoms with Crippen LogP contribution in [0.25, 0.3) is 10.4 Å². The summed E-state index contributed by atoms with van der Waals surface area (Å²) in [6.45, 7) is 6.17. The highest BCUT2D eigenvalue weighted by Crippen LogP contribution is 2.38. The van der Waals surface area contributed by atoms with Crippen molar-refractivity contribution in [2.24, 2.45) is 0 Å². The molecule has 228 valence electrons. The molecule has 0 spiro atoms. The number of benzene rings is 2. The monoisotopic (exact) mass is 617 g/mol. The van der Waals surface area contributed by atoms with Crippen LogP contribution in [0.15, 0.2) is 66.0 Å². The number of thiophene rings is 1. The van der Waals surface area contributed by atoms with E-state index in [1.54, 1.807) is 38.2 Å². The molecule has 0 fully saturated rings. The van der Waals surface area contributed by atoms with Crippen LogP contribution in [0.3, 0.4) is 0 Å². The summed E-state index contributed by atoms with van der Waals surface area (Å²) in [7, 11) is -4.91. The minimum atomic E-state index is -4.91. The van der Waals surface area contributed by atoms with Gasteiger partial charge >= 0.3 is 13.9 Å². The number of hydrogen-bond donors (Lipinski definition) is 3. The molecule has 3 aromatic rings. The largest absolute Gasteiger partial charge is 0.493 e. The van der Waals surface area contributed by atoms with Gasteiger partial charge in [-0.05, 0) is 88.1 Å². The lowest BCUT2D eigenvalue weighted by molar-refractivity contribution is -0.125. The van der Waals surface area contributed by atoms with E-state index in [4.69, 9.17) is 9.47 Å². The Hall–Kier alpha value is -3.01. The Kier molecular flexibility index (Phi) is 11.9. The first kappa shape index (κ1) is 33.5. The molecule has 9 nitrogen and oxygen atoms in total. The van der Waals surface area contributed by atoms with Crippen molar-refractivity contribution in [1.82, 2.24) is 5.32 Å². The van der Waals surface area contributed by atoms with E-state index in [0.717, 1.165) is 36.1 Å². The summed E-state index contributed by atoms with van der Waals surface area (Å²) in [6, 6.07) is 19.8. The summed E-state index contributed by atoms with van der Waals surface area (Å²) in [6.07, 6.45) is 3.02. The molecule has 42 heavy (non-hydrogen) atoms. The molecule has 2 aromatic carbocycles. The molecule has 3 N–H and O–H groups in total. The third-order valence-corrected chi connectivity index (χ3v) is 7.69. The molecule has 0 unspecified atom stereocenters. The van der Waals surface area contributed by atoms with E-state index in [-0.39, 0.29) is 6.42 Å². The van der Waals surface area contributed by atoms with Gasteiger partial charge in [-0.3, -0.25) is 9.32 Å². The summed E-state index contributed by atoms with van der Waals surface area (Å²) in [4.78, 5) is 45.4. The number of phosphoric ester groups is 1. The molecule has 0 bridgehead atoms. The third kappa shape index (κ3) is 11.3. The molecular formula is C31H40NO8PS. The number of aryl methyl sites for hydroxylation is 1. The van der Waals surface area contributed by atoms with Gasteiger partial charge in [0.25, 0.3) is 0 Å². The van der Waals surface area contributed by atoms with Crippen LogP contribution in [0.5, 0.6) is 5.75 Å². The van der Waals surface area contributed by atoms with Crippen molar-refractivity contribution >= 4 is 31.0 Å². The number of unbranched alkanes of at least 4 members (excludes halogenated alkanes) is 2. The molecule has 0 aliphatic rings. The van der Waals surface area contributed by atoms with Crippen LogP contribution in [-0.2, 0) is 31.5 Å². The Balaban J connectivity index is 1.70. The molecule has 0 saturated heterocycles. The lowest BCUT2D eigenvalue weighted by atomic mass is 9.91. The lowest BCUT2D eigenvalue weighted by Crippen LogP contribution is -2.56. The highest BCUT2D eigenvalue weighted by molar-refractivity contribution is 7.46. The van der Waals surface area contributed by atoms with Crippen molar-refractivity contribution in [2.75, 3.05) is 13.2 Å². The standard InChI is InChI=1S/C31H40NO8PS/c1-30(2,3)40-29(34)32-31(4,22-39-41(35,36)37)28(33)21-24-16-17-26(25(20-24)27-15-11-19-42-27)38-18-10-6-9-14-23-12-7-5-8-13-23/h5,7-8,11-13,15-17,19-20H,6,9-10,14,18,21-22H2,1-4H3,(H,32,34)(H2,35,36,37)/t31-/m1/s1. The zero-order chi connectivity index (χ0) is 30.8. The van der Waals surface area contributed by atoms with Crippen molar-refractivity contribution in [3.8, 4) is 16.2 Å². The Morgan fingerprint density at radius 3 is 2.31 bits per heavy atom. The summed E-state index contributed by atoms with van der Waals surface area (Å²) in [5.41, 5.74) is 0.210. The molecule has 1 aromatic heterocycles. The van der Waals surface area contributed by atoms with E-state index in [0.29, 0.717) is 17.9 Å². The summed E-state index contributed by atoms with van der Waals surface area (Å²) in [5, 5.41) is 4.41. The van der Waals surface area contributed by atoms with Gasteiger partial charge in [0, 0.05) is 16.9 Å². The van der Waals surface area contributed by atoms with Crippen LogP contribution >= 0.6 is 19.2 Å². The summed E-state index contributed by atoms with van der Waals surface area (Å²) < 4.78 is 27.5. The number of Topliss-reactive ketones (excluding diaryl/α,β-unsaturated/α-hetero) is 1. The molecule has 3 rings (SSSR count). The molecule has 0 aliphatic heterocycles. The Morgan fingerprint density at radius 2 is 1.67 bits per heavy atom. The first-order chi connectivity index (χ1) is 19.7. The minimum Gasteiger partial charge on any atom is -0.493 e. The average molecular weight is 618 g/mol. The second-order valence-corrected chi connectivity index (χ2v) is 13.5. The zero-order valence-corrected chi connectivity index (χ0v) is 26.2. The van der Waals surface area contributed by atoms with Gasteiger partial charge in [0.1, 0.15) is 16.9 Å². The maximum Gasteiger partial charge on any atom is 0.469 e. The second kappa shape index (κ2) is 14.9. The predicted octanol–water partition coefficient (Wildman–Crippen LogP) is 6.71. The smallest absolute Gasteiger partial charge is 0.469 e. The van der Waals surface area contributed by atoms with Crippen LogP contribution in [0.1, 0.15) is 58.1 Å². The molecule has 1 atom stereocenters. The second-order valence-electron chi connectivity index (χ2n) is 11.3. The number of alkyl carbamates (subject to hydrolysis) is 1. The molecule has 0 radical (unpaired) electrons. The highest BCUT2D eigenvalue weighted by Gasteiger charge is 2.38. The fourth-order valence-electron chi connectivity index (χ4n) is 4.18. The van der Waals surface area contributed by atoms with Crippen LogP contribution in [0.4, 0.5) is 4.79 Å². The van der Waals surface area contributed by atoms with E-state index in [2.05, 4.69) is 34.1 Å². The molecular weight excluding hydrogens is 577 g/mol. The van der Waals surface area contributed by atoms with Gasteiger partial charge in [-0.1, -0.05) is 42.5 Å². The van der Waals surface area contributed by atoms with Gasteiger partial charge in [0.05, 0.1) is 13.2 Å². The summed E-state index contributed by atoms with van der Waals surface area (Å²) in [5.74, 6) is 0.196. The van der Waals surface area contributed by atoms with Crippen LogP contribution in [0, 0.1) is 0 Å². The summed E-state index contributed by atoms with van der Waals surface area (Å²) >= 11 is 1.55. The predicted molar refractivity (Wildman–Crippen MR) is 164 cm³/mol. The van der Waals surface area contributed by atoms with Gasteiger partial charge < -0.3 is 24.6 Å². The fraction of sp³-hybridized carbons (Fsp3) is 0.419. The normalized spacial score (nSPS) is 13.3. The van der Waals surface area contributed by atoms with Crippen molar-refractivity contribution in [1.29, 1.82) is 0 Å². The van der Waals surface area contributed by atoms with Crippen LogP contribution in [0.2, 0.25) is 0 Å². The van der Waals surface area contributed by atoms with E-state index in [1.165, 1.54) is 12.5 Å². The number of carbonyl (C=O) groups excluding carboxylic acids is 2. The number of ketones is 1. The fourth-order valence-corrected chi connectivity index (χ4v) is 5.35. The van der Waals surface area contributed by atoms with Gasteiger partial charge in [-0.15, -0.1) is 11.3 Å². The van der Waals surface area contributed by atoms with Crippen LogP contribution in [-0.4, -0.2) is 46.0 Å². The maximum absolute atomic E-state index is 13.5. The number of rotatable bonds is 15. The zero-order valence-electron chi connectivity index (χ0n) is 24.5. The number of nitrogens with one attached hydrogen (secondary N) is 1. The van der Waals surface area contributed by atoms with Gasteiger partial charge in [0.2, 0.25) is 0 Å². The number of phosphoric acid groups is 1. The van der Waals surface area contributed by atoms with E-state index >= 15 is 0 Å².